The number of nitrogens with zero attached hydrogens (tertiary/aromatic N) is 1. The van der Waals surface area contributed by atoms with Crippen molar-refractivity contribution >= 4 is 22.8 Å². The molecule has 3 rings (SSSR count). The molecule has 1 aromatic carbocycles. The summed E-state index contributed by atoms with van der Waals surface area (Å²) in [6.07, 6.45) is 4.56. The van der Waals surface area contributed by atoms with Gasteiger partial charge in [0, 0.05) is 23.3 Å². The molecule has 0 amide bonds. The van der Waals surface area contributed by atoms with E-state index in [1.54, 1.807) is 18.3 Å². The summed E-state index contributed by atoms with van der Waals surface area (Å²) in [5, 5.41) is 15.4. The summed E-state index contributed by atoms with van der Waals surface area (Å²) in [5.74, 6) is 0.322. The highest BCUT2D eigenvalue weighted by Crippen LogP contribution is 2.43. The number of thiazole rings is 1. The summed E-state index contributed by atoms with van der Waals surface area (Å²) in [7, 11) is 0. The number of carbonyl (C=O) groups excluding carboxylic acids is 1. The Balaban J connectivity index is 1.83. The lowest BCUT2D eigenvalue weighted by Crippen LogP contribution is -2.33. The maximum absolute atomic E-state index is 11.6. The van der Waals surface area contributed by atoms with Crippen LogP contribution >= 0.6 is 11.3 Å². The molecule has 0 radical (unpaired) electrons. The molecule has 27 heavy (non-hydrogen) atoms. The van der Waals surface area contributed by atoms with E-state index in [0.717, 1.165) is 34.0 Å². The van der Waals surface area contributed by atoms with Crippen LogP contribution in [-0.4, -0.2) is 21.4 Å². The van der Waals surface area contributed by atoms with Crippen LogP contribution in [0, 0.1) is 12.8 Å². The average molecular weight is 387 g/mol. The third-order valence-electron chi connectivity index (χ3n) is 5.17. The Labute approximate surface area is 166 Å². The molecule has 1 aliphatic carbocycles. The van der Waals surface area contributed by atoms with E-state index in [2.05, 4.69) is 56.2 Å². The number of rotatable bonds is 4. The second-order valence-corrected chi connectivity index (χ2v) is 9.94. The fraction of sp³-hybridized carbons (Fsp3) is 0.545. The van der Waals surface area contributed by atoms with Crippen molar-refractivity contribution in [3.8, 4) is 10.4 Å². The van der Waals surface area contributed by atoms with Gasteiger partial charge in [-0.3, -0.25) is 4.79 Å². The minimum atomic E-state index is -0.898. The molecule has 1 fully saturated rings. The number of hydrogen-bond donors (Lipinski definition) is 2. The molecule has 0 atom stereocenters. The number of benzene rings is 1. The van der Waals surface area contributed by atoms with E-state index in [9.17, 15) is 9.90 Å². The van der Waals surface area contributed by atoms with E-state index in [1.807, 2.05) is 6.20 Å². The van der Waals surface area contributed by atoms with Crippen LogP contribution in [0.25, 0.3) is 10.4 Å². The maximum Gasteiger partial charge on any atom is 0.132 e. The first-order valence-corrected chi connectivity index (χ1v) is 10.5. The van der Waals surface area contributed by atoms with Crippen molar-refractivity contribution in [2.45, 2.75) is 71.4 Å². The Kier molecular flexibility index (Phi) is 5.46. The molecule has 2 N–H and O–H groups in total. The van der Waals surface area contributed by atoms with Crippen LogP contribution in [0.1, 0.15) is 63.9 Å². The van der Waals surface area contributed by atoms with E-state index < -0.39 is 5.60 Å². The molecule has 1 aromatic heterocycles. The van der Waals surface area contributed by atoms with E-state index in [1.165, 1.54) is 5.56 Å². The molecule has 0 spiro atoms. The highest BCUT2D eigenvalue weighted by Gasteiger charge is 2.38. The van der Waals surface area contributed by atoms with Crippen LogP contribution < -0.4 is 5.32 Å². The van der Waals surface area contributed by atoms with Gasteiger partial charge in [-0.25, -0.2) is 4.98 Å². The van der Waals surface area contributed by atoms with Gasteiger partial charge < -0.3 is 10.4 Å². The standard InChI is InChI=1S/C22H30N2O2S/c1-14-10-17(12-18(11-14)24-21(3,4)5)19-13-23-20(27-19)22(26)8-6-16(7-9-22)15(2)25/h10-13,16,24,26H,6-9H2,1-5H3. The van der Waals surface area contributed by atoms with Crippen molar-refractivity contribution in [2.75, 3.05) is 5.32 Å². The van der Waals surface area contributed by atoms with Crippen LogP contribution in [-0.2, 0) is 10.4 Å². The second-order valence-electron chi connectivity index (χ2n) is 8.91. The molecular formula is C22H30N2O2S. The predicted octanol–water partition coefficient (Wildman–Crippen LogP) is 5.30. The lowest BCUT2D eigenvalue weighted by atomic mass is 9.78. The topological polar surface area (TPSA) is 62.2 Å². The summed E-state index contributed by atoms with van der Waals surface area (Å²) in [4.78, 5) is 17.2. The summed E-state index contributed by atoms with van der Waals surface area (Å²) in [6, 6.07) is 6.45. The maximum atomic E-state index is 11.6. The van der Waals surface area contributed by atoms with Crippen molar-refractivity contribution < 1.29 is 9.90 Å². The van der Waals surface area contributed by atoms with E-state index >= 15 is 0 Å². The normalized spacial score (nSPS) is 23.3. The second kappa shape index (κ2) is 7.36. The van der Waals surface area contributed by atoms with Crippen LogP contribution in [0.4, 0.5) is 5.69 Å². The van der Waals surface area contributed by atoms with Crippen LogP contribution in [0.5, 0.6) is 0 Å². The molecule has 0 bridgehead atoms. The van der Waals surface area contributed by atoms with Gasteiger partial charge in [0.25, 0.3) is 0 Å². The van der Waals surface area contributed by atoms with Gasteiger partial charge in [0.2, 0.25) is 0 Å². The van der Waals surface area contributed by atoms with Crippen LogP contribution in [0.3, 0.4) is 0 Å². The Hall–Kier alpha value is -1.72. The number of aryl methyl sites for hydroxylation is 1. The van der Waals surface area contributed by atoms with Crippen molar-refractivity contribution in [3.63, 3.8) is 0 Å². The Morgan fingerprint density at radius 1 is 1.26 bits per heavy atom. The fourth-order valence-electron chi connectivity index (χ4n) is 3.77. The van der Waals surface area contributed by atoms with Gasteiger partial charge in [0.05, 0.1) is 4.88 Å². The molecule has 0 aliphatic heterocycles. The van der Waals surface area contributed by atoms with Gasteiger partial charge >= 0.3 is 0 Å². The molecule has 1 aliphatic rings. The lowest BCUT2D eigenvalue weighted by Gasteiger charge is -2.33. The monoisotopic (exact) mass is 386 g/mol. The Bertz CT molecular complexity index is 827. The van der Waals surface area contributed by atoms with Gasteiger partial charge in [0.1, 0.15) is 16.4 Å². The molecule has 1 heterocycles. The Morgan fingerprint density at radius 3 is 2.52 bits per heavy atom. The lowest BCUT2D eigenvalue weighted by molar-refractivity contribution is -0.123. The molecule has 4 nitrogen and oxygen atoms in total. The number of aliphatic hydroxyl groups is 1. The summed E-state index contributed by atoms with van der Waals surface area (Å²) < 4.78 is 0. The highest BCUT2D eigenvalue weighted by molar-refractivity contribution is 7.15. The van der Waals surface area contributed by atoms with Crippen molar-refractivity contribution in [2.24, 2.45) is 5.92 Å². The highest BCUT2D eigenvalue weighted by atomic mass is 32.1. The first-order chi connectivity index (χ1) is 12.6. The van der Waals surface area contributed by atoms with Crippen LogP contribution in [0.2, 0.25) is 0 Å². The largest absolute Gasteiger partial charge is 0.383 e. The van der Waals surface area contributed by atoms with Crippen molar-refractivity contribution in [1.29, 1.82) is 0 Å². The predicted molar refractivity (Wildman–Crippen MR) is 112 cm³/mol. The zero-order chi connectivity index (χ0) is 19.8. The molecule has 1 saturated carbocycles. The number of nitrogens with one attached hydrogen (secondary N) is 1. The average Bonchev–Trinajstić information content (AvgIpc) is 3.04. The van der Waals surface area contributed by atoms with Gasteiger partial charge in [-0.1, -0.05) is 6.07 Å². The van der Waals surface area contributed by atoms with Gasteiger partial charge in [0.15, 0.2) is 0 Å². The fourth-order valence-corrected chi connectivity index (χ4v) is 4.82. The minimum Gasteiger partial charge on any atom is -0.383 e. The number of aromatic nitrogens is 1. The summed E-state index contributed by atoms with van der Waals surface area (Å²) in [6.45, 7) is 10.2. The molecule has 0 unspecified atom stereocenters. The SMILES string of the molecule is CC(=O)C1CCC(O)(c2ncc(-c3cc(C)cc(NC(C)(C)C)c3)s2)CC1. The van der Waals surface area contributed by atoms with Gasteiger partial charge in [-0.2, -0.15) is 0 Å². The molecular weight excluding hydrogens is 356 g/mol. The molecule has 0 saturated heterocycles. The number of ketones is 1. The smallest absolute Gasteiger partial charge is 0.132 e. The van der Waals surface area contributed by atoms with Crippen molar-refractivity contribution in [3.05, 3.63) is 35.0 Å². The first kappa shape index (κ1) is 20.0. The number of carbonyl (C=O) groups is 1. The van der Waals surface area contributed by atoms with E-state index in [0.29, 0.717) is 12.8 Å². The summed E-state index contributed by atoms with van der Waals surface area (Å²) in [5.41, 5.74) is 2.49. The third-order valence-corrected chi connectivity index (χ3v) is 6.41. The summed E-state index contributed by atoms with van der Waals surface area (Å²) >= 11 is 1.56. The molecule has 146 valence electrons. The van der Waals surface area contributed by atoms with Crippen LogP contribution in [0.15, 0.2) is 24.4 Å². The van der Waals surface area contributed by atoms with Gasteiger partial charge in [-0.05, 0) is 83.6 Å². The number of hydrogen-bond acceptors (Lipinski definition) is 5. The molecule has 5 heteroatoms. The number of Topliss-reactive ketones (excluding diaryl/α,β-unsaturated/α-hetero) is 1. The van der Waals surface area contributed by atoms with E-state index in [-0.39, 0.29) is 17.2 Å². The van der Waals surface area contributed by atoms with Gasteiger partial charge in [-0.15, -0.1) is 11.3 Å². The number of anilines is 1. The minimum absolute atomic E-state index is 0.00553. The molecule has 2 aromatic rings. The zero-order valence-corrected chi connectivity index (χ0v) is 17.7. The quantitative estimate of drug-likeness (QED) is 0.749. The van der Waals surface area contributed by atoms with Crippen molar-refractivity contribution in [1.82, 2.24) is 4.98 Å². The first-order valence-electron chi connectivity index (χ1n) is 9.65. The Morgan fingerprint density at radius 2 is 1.93 bits per heavy atom. The zero-order valence-electron chi connectivity index (χ0n) is 16.9. The van der Waals surface area contributed by atoms with E-state index in [4.69, 9.17) is 0 Å². The third kappa shape index (κ3) is 4.77.